The molecule has 0 aliphatic heterocycles. The fourth-order valence-electron chi connectivity index (χ4n) is 0.727. The Kier molecular flexibility index (Phi) is 2.78. The summed E-state index contributed by atoms with van der Waals surface area (Å²) in [6, 6.07) is 1.57. The van der Waals surface area contributed by atoms with Gasteiger partial charge >= 0.3 is 0 Å². The molecule has 3 nitrogen and oxygen atoms in total. The normalized spacial score (nSPS) is 10.1. The first-order valence-electron chi connectivity index (χ1n) is 3.13. The van der Waals surface area contributed by atoms with Gasteiger partial charge < -0.3 is 5.11 Å². The molecule has 6 heteroatoms. The van der Waals surface area contributed by atoms with Crippen molar-refractivity contribution in [2.75, 3.05) is 0 Å². The Morgan fingerprint density at radius 2 is 2.23 bits per heavy atom. The largest absolute Gasteiger partial charge is 0.504 e. The van der Waals surface area contributed by atoms with Crippen molar-refractivity contribution in [1.29, 1.82) is 5.26 Å². The Morgan fingerprint density at radius 1 is 1.62 bits per heavy atom. The van der Waals surface area contributed by atoms with E-state index in [1.807, 2.05) is 0 Å². The Bertz CT molecular complexity index is 375. The summed E-state index contributed by atoms with van der Waals surface area (Å²) in [7, 11) is 0. The third kappa shape index (κ3) is 1.75. The average molecular weight is 249 g/mol. The molecule has 0 saturated heterocycles. The number of pyridine rings is 1. The SMILES string of the molecule is N#Cc1ncc(C(F)F)c(Br)c1O. The minimum Gasteiger partial charge on any atom is -0.504 e. The quantitative estimate of drug-likeness (QED) is 0.830. The summed E-state index contributed by atoms with van der Waals surface area (Å²) in [5.74, 6) is -0.555. The van der Waals surface area contributed by atoms with Gasteiger partial charge in [-0.3, -0.25) is 0 Å². The molecule has 0 aliphatic rings. The van der Waals surface area contributed by atoms with Crippen molar-refractivity contribution in [3.63, 3.8) is 0 Å². The van der Waals surface area contributed by atoms with E-state index in [0.29, 0.717) is 0 Å². The zero-order valence-electron chi connectivity index (χ0n) is 6.13. The van der Waals surface area contributed by atoms with Crippen LogP contribution in [-0.2, 0) is 0 Å². The highest BCUT2D eigenvalue weighted by Gasteiger charge is 2.17. The zero-order valence-corrected chi connectivity index (χ0v) is 7.72. The second kappa shape index (κ2) is 3.66. The van der Waals surface area contributed by atoms with E-state index in [0.717, 1.165) is 6.20 Å². The van der Waals surface area contributed by atoms with Crippen molar-refractivity contribution in [1.82, 2.24) is 4.98 Å². The summed E-state index contributed by atoms with van der Waals surface area (Å²) in [4.78, 5) is 3.36. The van der Waals surface area contributed by atoms with Crippen LogP contribution in [-0.4, -0.2) is 10.1 Å². The summed E-state index contributed by atoms with van der Waals surface area (Å²) in [5, 5.41) is 17.6. The molecule has 0 fully saturated rings. The number of rotatable bonds is 1. The van der Waals surface area contributed by atoms with E-state index in [4.69, 9.17) is 10.4 Å². The molecule has 0 spiro atoms. The highest BCUT2D eigenvalue weighted by atomic mass is 79.9. The fourth-order valence-corrected chi connectivity index (χ4v) is 1.19. The van der Waals surface area contributed by atoms with Crippen LogP contribution in [0.4, 0.5) is 8.78 Å². The van der Waals surface area contributed by atoms with Gasteiger partial charge in [0, 0.05) is 6.20 Å². The van der Waals surface area contributed by atoms with Gasteiger partial charge in [-0.25, -0.2) is 13.8 Å². The molecule has 0 radical (unpaired) electrons. The molecule has 0 bridgehead atoms. The van der Waals surface area contributed by atoms with Gasteiger partial charge in [0.25, 0.3) is 6.43 Å². The van der Waals surface area contributed by atoms with Crippen molar-refractivity contribution >= 4 is 15.9 Å². The van der Waals surface area contributed by atoms with Gasteiger partial charge in [-0.2, -0.15) is 5.26 Å². The summed E-state index contributed by atoms with van der Waals surface area (Å²) in [6.07, 6.45) is -1.88. The molecule has 0 amide bonds. The smallest absolute Gasteiger partial charge is 0.266 e. The molecule has 68 valence electrons. The second-order valence-electron chi connectivity index (χ2n) is 2.14. The lowest BCUT2D eigenvalue weighted by Crippen LogP contribution is -1.92. The van der Waals surface area contributed by atoms with Crippen LogP contribution in [0.2, 0.25) is 0 Å². The fraction of sp³-hybridized carbons (Fsp3) is 0.143. The summed E-state index contributed by atoms with van der Waals surface area (Å²) < 4.78 is 24.2. The predicted octanol–water partition coefficient (Wildman–Crippen LogP) is 2.36. The lowest BCUT2D eigenvalue weighted by atomic mass is 10.2. The Labute approximate surface area is 80.8 Å². The van der Waals surface area contributed by atoms with Crippen molar-refractivity contribution in [2.24, 2.45) is 0 Å². The molecule has 1 heterocycles. The summed E-state index contributed by atoms with van der Waals surface area (Å²) >= 11 is 2.75. The standard InChI is InChI=1S/C7H3BrF2N2O/c8-5-3(7(9)10)2-12-4(1-11)6(5)13/h2,7,13H. The maximum absolute atomic E-state index is 12.2. The van der Waals surface area contributed by atoms with Gasteiger partial charge in [-0.05, 0) is 15.9 Å². The van der Waals surface area contributed by atoms with Crippen LogP contribution >= 0.6 is 15.9 Å². The lowest BCUT2D eigenvalue weighted by Gasteiger charge is -2.04. The van der Waals surface area contributed by atoms with Gasteiger partial charge in [0.2, 0.25) is 0 Å². The number of hydrogen-bond donors (Lipinski definition) is 1. The van der Waals surface area contributed by atoms with E-state index in [2.05, 4.69) is 20.9 Å². The number of alkyl halides is 2. The minimum atomic E-state index is -2.74. The molecule has 0 aliphatic carbocycles. The molecule has 1 N–H and O–H groups in total. The maximum Gasteiger partial charge on any atom is 0.266 e. The van der Waals surface area contributed by atoms with E-state index in [9.17, 15) is 8.78 Å². The van der Waals surface area contributed by atoms with E-state index in [1.165, 1.54) is 0 Å². The molecule has 1 aromatic rings. The van der Waals surface area contributed by atoms with Crippen LogP contribution in [0.25, 0.3) is 0 Å². The van der Waals surface area contributed by atoms with Crippen molar-refractivity contribution < 1.29 is 13.9 Å². The number of aromatic nitrogens is 1. The lowest BCUT2D eigenvalue weighted by molar-refractivity contribution is 0.149. The Balaban J connectivity index is 3.33. The Hall–Kier alpha value is -1.22. The first-order chi connectivity index (χ1) is 6.07. The van der Waals surface area contributed by atoms with E-state index >= 15 is 0 Å². The molecule has 1 rings (SSSR count). The maximum atomic E-state index is 12.2. The van der Waals surface area contributed by atoms with E-state index in [-0.39, 0.29) is 10.2 Å². The Morgan fingerprint density at radius 3 is 2.69 bits per heavy atom. The van der Waals surface area contributed by atoms with Crippen LogP contribution < -0.4 is 0 Å². The van der Waals surface area contributed by atoms with Crippen LogP contribution in [0.5, 0.6) is 5.75 Å². The van der Waals surface area contributed by atoms with Crippen LogP contribution in [0.3, 0.4) is 0 Å². The first-order valence-corrected chi connectivity index (χ1v) is 3.92. The number of hydrogen-bond acceptors (Lipinski definition) is 3. The van der Waals surface area contributed by atoms with E-state index < -0.39 is 17.7 Å². The molecule has 13 heavy (non-hydrogen) atoms. The minimum absolute atomic E-state index is 0.186. The highest BCUT2D eigenvalue weighted by molar-refractivity contribution is 9.10. The third-order valence-electron chi connectivity index (χ3n) is 1.36. The van der Waals surface area contributed by atoms with Crippen molar-refractivity contribution in [3.8, 4) is 11.8 Å². The number of nitriles is 1. The average Bonchev–Trinajstić information content (AvgIpc) is 2.09. The summed E-state index contributed by atoms with van der Waals surface area (Å²) in [5.41, 5.74) is -0.715. The van der Waals surface area contributed by atoms with Crippen LogP contribution in [0, 0.1) is 11.3 Å². The van der Waals surface area contributed by atoms with E-state index in [1.54, 1.807) is 6.07 Å². The van der Waals surface area contributed by atoms with Crippen molar-refractivity contribution in [3.05, 3.63) is 21.9 Å². The first kappa shape index (κ1) is 9.86. The zero-order chi connectivity index (χ0) is 10.0. The molecule has 0 atom stereocenters. The van der Waals surface area contributed by atoms with Crippen LogP contribution in [0.15, 0.2) is 10.7 Å². The van der Waals surface area contributed by atoms with Crippen molar-refractivity contribution in [2.45, 2.75) is 6.43 Å². The highest BCUT2D eigenvalue weighted by Crippen LogP contribution is 2.34. The number of halogens is 3. The summed E-state index contributed by atoms with van der Waals surface area (Å²) in [6.45, 7) is 0. The molecular weight excluding hydrogens is 246 g/mol. The third-order valence-corrected chi connectivity index (χ3v) is 2.19. The van der Waals surface area contributed by atoms with Crippen LogP contribution in [0.1, 0.15) is 17.7 Å². The number of aromatic hydroxyl groups is 1. The predicted molar refractivity (Wildman–Crippen MR) is 43.3 cm³/mol. The topological polar surface area (TPSA) is 56.9 Å². The molecule has 0 aromatic carbocycles. The monoisotopic (exact) mass is 248 g/mol. The molecule has 0 saturated carbocycles. The van der Waals surface area contributed by atoms with Gasteiger partial charge in [0.1, 0.15) is 6.07 Å². The number of nitrogens with zero attached hydrogens (tertiary/aromatic N) is 2. The molecular formula is C7H3BrF2N2O. The van der Waals surface area contributed by atoms with Gasteiger partial charge in [-0.1, -0.05) is 0 Å². The second-order valence-corrected chi connectivity index (χ2v) is 2.93. The van der Waals surface area contributed by atoms with Gasteiger partial charge in [0.05, 0.1) is 10.0 Å². The van der Waals surface area contributed by atoms with Gasteiger partial charge in [0.15, 0.2) is 11.4 Å². The van der Waals surface area contributed by atoms with Gasteiger partial charge in [-0.15, -0.1) is 0 Å². The molecule has 0 unspecified atom stereocenters. The molecule has 1 aromatic heterocycles.